The summed E-state index contributed by atoms with van der Waals surface area (Å²) in [5, 5.41) is 14.6. The quantitative estimate of drug-likeness (QED) is 0.830. The Balaban J connectivity index is 1.93. The smallest absolute Gasteiger partial charge is 0.243 e. The summed E-state index contributed by atoms with van der Waals surface area (Å²) in [5.74, 6) is -0.254. The Morgan fingerprint density at radius 3 is 2.41 bits per heavy atom. The lowest BCUT2D eigenvalue weighted by Crippen LogP contribution is -2.22. The number of para-hydroxylation sites is 1. The molecule has 0 heterocycles. The number of Topliss-reactive ketones (excluding diaryl/α,β-unsaturated/α-hetero) is 1. The van der Waals surface area contributed by atoms with E-state index < -0.39 is 0 Å². The fraction of sp³-hybridized carbons (Fsp3) is 0.118. The molecule has 0 unspecified atom stereocenters. The van der Waals surface area contributed by atoms with E-state index in [1.807, 2.05) is 0 Å². The molecule has 0 aliphatic carbocycles. The number of amides is 1. The van der Waals surface area contributed by atoms with Crippen LogP contribution in [0.4, 0.5) is 11.4 Å². The summed E-state index contributed by atoms with van der Waals surface area (Å²) in [4.78, 5) is 23.1. The van der Waals surface area contributed by atoms with Gasteiger partial charge in [0, 0.05) is 11.3 Å². The first-order valence-electron chi connectivity index (χ1n) is 6.74. The Labute approximate surface area is 128 Å². The maximum absolute atomic E-state index is 11.9. The van der Waals surface area contributed by atoms with Gasteiger partial charge in [0.05, 0.1) is 17.8 Å². The molecule has 22 heavy (non-hydrogen) atoms. The first kappa shape index (κ1) is 15.3. The Morgan fingerprint density at radius 1 is 1.09 bits per heavy atom. The first-order valence-corrected chi connectivity index (χ1v) is 6.74. The molecule has 2 N–H and O–H groups in total. The Bertz CT molecular complexity index is 730. The molecule has 5 heteroatoms. The molecule has 0 bridgehead atoms. The summed E-state index contributed by atoms with van der Waals surface area (Å²) in [7, 11) is 0. The van der Waals surface area contributed by atoms with E-state index in [9.17, 15) is 9.59 Å². The zero-order valence-corrected chi connectivity index (χ0v) is 12.1. The standard InChI is InChI=1S/C17H15N3O2/c1-12(21)13-6-8-15(9-7-13)20-17(22)11-19-16-5-3-2-4-14(16)10-18/h2-9,19H,11H2,1H3,(H,20,22). The third-order valence-corrected chi connectivity index (χ3v) is 3.06. The fourth-order valence-corrected chi connectivity index (χ4v) is 1.90. The van der Waals surface area contributed by atoms with Gasteiger partial charge in [-0.2, -0.15) is 5.26 Å². The van der Waals surface area contributed by atoms with E-state index in [4.69, 9.17) is 5.26 Å². The molecule has 5 nitrogen and oxygen atoms in total. The molecular formula is C17H15N3O2. The number of nitrogens with one attached hydrogen (secondary N) is 2. The van der Waals surface area contributed by atoms with E-state index in [-0.39, 0.29) is 18.2 Å². The largest absolute Gasteiger partial charge is 0.375 e. The van der Waals surface area contributed by atoms with Gasteiger partial charge in [-0.15, -0.1) is 0 Å². The predicted octanol–water partition coefficient (Wildman–Crippen LogP) is 2.81. The minimum atomic E-state index is -0.233. The van der Waals surface area contributed by atoms with Gasteiger partial charge in [-0.3, -0.25) is 9.59 Å². The van der Waals surface area contributed by atoms with Gasteiger partial charge in [0.1, 0.15) is 6.07 Å². The zero-order chi connectivity index (χ0) is 15.9. The van der Waals surface area contributed by atoms with Crippen molar-refractivity contribution in [1.82, 2.24) is 0 Å². The summed E-state index contributed by atoms with van der Waals surface area (Å²) < 4.78 is 0. The summed E-state index contributed by atoms with van der Waals surface area (Å²) in [6.07, 6.45) is 0. The van der Waals surface area contributed by atoms with Crippen LogP contribution < -0.4 is 10.6 Å². The lowest BCUT2D eigenvalue weighted by atomic mass is 10.1. The summed E-state index contributed by atoms with van der Waals surface area (Å²) in [6, 6.07) is 15.7. The molecule has 2 rings (SSSR count). The maximum atomic E-state index is 11.9. The molecule has 0 aromatic heterocycles. The molecule has 0 fully saturated rings. The van der Waals surface area contributed by atoms with Gasteiger partial charge in [-0.1, -0.05) is 12.1 Å². The molecule has 0 aliphatic rings. The van der Waals surface area contributed by atoms with Crippen LogP contribution in [0.25, 0.3) is 0 Å². The summed E-state index contributed by atoms with van der Waals surface area (Å²) in [6.45, 7) is 1.54. The van der Waals surface area contributed by atoms with E-state index in [2.05, 4.69) is 16.7 Å². The molecule has 0 radical (unpaired) electrons. The van der Waals surface area contributed by atoms with E-state index >= 15 is 0 Å². The van der Waals surface area contributed by atoms with Crippen LogP contribution in [0.2, 0.25) is 0 Å². The molecule has 0 atom stereocenters. The zero-order valence-electron chi connectivity index (χ0n) is 12.1. The van der Waals surface area contributed by atoms with Crippen molar-refractivity contribution in [2.45, 2.75) is 6.92 Å². The van der Waals surface area contributed by atoms with Crippen LogP contribution in [0.1, 0.15) is 22.8 Å². The second-order valence-corrected chi connectivity index (χ2v) is 4.69. The number of rotatable bonds is 5. The third-order valence-electron chi connectivity index (χ3n) is 3.06. The average molecular weight is 293 g/mol. The number of anilines is 2. The van der Waals surface area contributed by atoms with Crippen LogP contribution in [-0.2, 0) is 4.79 Å². The van der Waals surface area contributed by atoms with Crippen molar-refractivity contribution in [3.8, 4) is 6.07 Å². The van der Waals surface area contributed by atoms with Crippen molar-refractivity contribution in [3.63, 3.8) is 0 Å². The van der Waals surface area contributed by atoms with Crippen molar-refractivity contribution in [2.24, 2.45) is 0 Å². The Morgan fingerprint density at radius 2 is 1.77 bits per heavy atom. The Hall–Kier alpha value is -3.13. The number of hydrogen-bond acceptors (Lipinski definition) is 4. The van der Waals surface area contributed by atoms with Crippen LogP contribution in [0.5, 0.6) is 0 Å². The molecule has 110 valence electrons. The van der Waals surface area contributed by atoms with E-state index in [1.54, 1.807) is 48.5 Å². The van der Waals surface area contributed by atoms with Gasteiger partial charge < -0.3 is 10.6 Å². The van der Waals surface area contributed by atoms with Crippen LogP contribution >= 0.6 is 0 Å². The van der Waals surface area contributed by atoms with E-state index in [1.165, 1.54) is 6.92 Å². The molecule has 0 aliphatic heterocycles. The molecule has 0 spiro atoms. The summed E-state index contributed by atoms with van der Waals surface area (Å²) in [5.41, 5.74) is 2.32. The molecule has 1 amide bonds. The highest BCUT2D eigenvalue weighted by atomic mass is 16.2. The number of nitrogens with zero attached hydrogens (tertiary/aromatic N) is 1. The molecule has 0 saturated carbocycles. The minimum Gasteiger partial charge on any atom is -0.375 e. The van der Waals surface area contributed by atoms with Gasteiger partial charge in [0.2, 0.25) is 5.91 Å². The van der Waals surface area contributed by atoms with Gasteiger partial charge in [-0.25, -0.2) is 0 Å². The second-order valence-electron chi connectivity index (χ2n) is 4.69. The van der Waals surface area contributed by atoms with Crippen molar-refractivity contribution in [3.05, 3.63) is 59.7 Å². The topological polar surface area (TPSA) is 82.0 Å². The van der Waals surface area contributed by atoms with Gasteiger partial charge >= 0.3 is 0 Å². The molecule has 2 aromatic carbocycles. The van der Waals surface area contributed by atoms with Crippen LogP contribution in [0, 0.1) is 11.3 Å². The highest BCUT2D eigenvalue weighted by Gasteiger charge is 2.05. The van der Waals surface area contributed by atoms with Crippen LogP contribution in [-0.4, -0.2) is 18.2 Å². The monoisotopic (exact) mass is 293 g/mol. The number of ketones is 1. The third kappa shape index (κ3) is 3.93. The van der Waals surface area contributed by atoms with Crippen LogP contribution in [0.3, 0.4) is 0 Å². The number of carbonyl (C=O) groups is 2. The lowest BCUT2D eigenvalue weighted by Gasteiger charge is -2.09. The van der Waals surface area contributed by atoms with Gasteiger partial charge in [-0.05, 0) is 43.3 Å². The number of carbonyl (C=O) groups excluding carboxylic acids is 2. The highest BCUT2D eigenvalue weighted by Crippen LogP contribution is 2.13. The molecule has 0 saturated heterocycles. The van der Waals surface area contributed by atoms with Crippen molar-refractivity contribution in [2.75, 3.05) is 17.2 Å². The fourth-order valence-electron chi connectivity index (χ4n) is 1.90. The SMILES string of the molecule is CC(=O)c1ccc(NC(=O)CNc2ccccc2C#N)cc1. The highest BCUT2D eigenvalue weighted by molar-refractivity contribution is 5.96. The van der Waals surface area contributed by atoms with E-state index in [0.717, 1.165) is 0 Å². The maximum Gasteiger partial charge on any atom is 0.243 e. The predicted molar refractivity (Wildman–Crippen MR) is 84.7 cm³/mol. The first-order chi connectivity index (χ1) is 10.6. The van der Waals surface area contributed by atoms with E-state index in [0.29, 0.717) is 22.5 Å². The van der Waals surface area contributed by atoms with Crippen molar-refractivity contribution in [1.29, 1.82) is 5.26 Å². The van der Waals surface area contributed by atoms with Gasteiger partial charge in [0.25, 0.3) is 0 Å². The summed E-state index contributed by atoms with van der Waals surface area (Å²) >= 11 is 0. The van der Waals surface area contributed by atoms with Crippen LogP contribution in [0.15, 0.2) is 48.5 Å². The van der Waals surface area contributed by atoms with Gasteiger partial charge in [0.15, 0.2) is 5.78 Å². The lowest BCUT2D eigenvalue weighted by molar-refractivity contribution is -0.114. The van der Waals surface area contributed by atoms with Crippen molar-refractivity contribution >= 4 is 23.1 Å². The number of nitriles is 1. The molecular weight excluding hydrogens is 278 g/mol. The normalized spacial score (nSPS) is 9.64. The van der Waals surface area contributed by atoms with Crippen molar-refractivity contribution < 1.29 is 9.59 Å². The minimum absolute atomic E-state index is 0.0207. The average Bonchev–Trinajstić information content (AvgIpc) is 2.53. The molecule has 2 aromatic rings. The number of benzene rings is 2. The second kappa shape index (κ2) is 7.04. The Kier molecular flexibility index (Phi) is 4.89. The number of hydrogen-bond donors (Lipinski definition) is 2.